The first-order valence-electron chi connectivity index (χ1n) is 6.47. The average molecular weight is 246 g/mol. The number of hydrogen-bond acceptors (Lipinski definition) is 4. The van der Waals surface area contributed by atoms with Gasteiger partial charge < -0.3 is 16.8 Å². The van der Waals surface area contributed by atoms with Gasteiger partial charge in [-0.15, -0.1) is 0 Å². The van der Waals surface area contributed by atoms with Crippen molar-refractivity contribution in [3.8, 4) is 0 Å². The number of amides is 1. The van der Waals surface area contributed by atoms with Crippen molar-refractivity contribution < 1.29 is 4.79 Å². The Bertz CT molecular complexity index is 468. The van der Waals surface area contributed by atoms with Crippen LogP contribution in [0.1, 0.15) is 36.0 Å². The third-order valence-electron chi connectivity index (χ3n) is 3.77. The third-order valence-corrected chi connectivity index (χ3v) is 3.77. The lowest BCUT2D eigenvalue weighted by Crippen LogP contribution is -2.26. The van der Waals surface area contributed by atoms with Gasteiger partial charge in [-0.05, 0) is 43.6 Å². The van der Waals surface area contributed by atoms with Gasteiger partial charge in [0.1, 0.15) is 5.82 Å². The maximum absolute atomic E-state index is 11.4. The van der Waals surface area contributed by atoms with Gasteiger partial charge in [-0.25, -0.2) is 4.98 Å². The fourth-order valence-corrected chi connectivity index (χ4v) is 2.50. The van der Waals surface area contributed by atoms with Crippen molar-refractivity contribution in [2.75, 3.05) is 11.1 Å². The van der Waals surface area contributed by atoms with Gasteiger partial charge in [0, 0.05) is 6.04 Å². The van der Waals surface area contributed by atoms with Crippen LogP contribution < -0.4 is 16.8 Å². The number of primary amides is 1. The van der Waals surface area contributed by atoms with Crippen molar-refractivity contribution in [3.63, 3.8) is 0 Å². The van der Waals surface area contributed by atoms with Crippen molar-refractivity contribution in [3.05, 3.63) is 17.8 Å². The molecule has 18 heavy (non-hydrogen) atoms. The molecule has 0 bridgehead atoms. The van der Waals surface area contributed by atoms with Crippen LogP contribution in [0.5, 0.6) is 0 Å². The summed E-state index contributed by atoms with van der Waals surface area (Å²) in [7, 11) is 0. The van der Waals surface area contributed by atoms with E-state index in [1.54, 1.807) is 12.3 Å². The van der Waals surface area contributed by atoms with E-state index < -0.39 is 5.91 Å². The van der Waals surface area contributed by atoms with Gasteiger partial charge in [-0.1, -0.05) is 0 Å². The van der Waals surface area contributed by atoms with E-state index in [0.29, 0.717) is 17.4 Å². The molecule has 0 aromatic carbocycles. The molecule has 0 aliphatic heterocycles. The molecule has 0 spiro atoms. The second-order valence-electron chi connectivity index (χ2n) is 5.36. The van der Waals surface area contributed by atoms with Gasteiger partial charge in [-0.3, -0.25) is 4.79 Å². The lowest BCUT2D eigenvalue weighted by molar-refractivity contribution is 0.100. The minimum Gasteiger partial charge on any atom is -0.384 e. The van der Waals surface area contributed by atoms with Crippen LogP contribution >= 0.6 is 0 Å². The van der Waals surface area contributed by atoms with Crippen LogP contribution in [0.3, 0.4) is 0 Å². The zero-order valence-corrected chi connectivity index (χ0v) is 10.2. The van der Waals surface area contributed by atoms with Crippen molar-refractivity contribution >= 4 is 17.4 Å². The molecule has 1 heterocycles. The number of nitrogen functional groups attached to an aromatic ring is 1. The number of nitrogens with one attached hydrogen (secondary N) is 1. The number of hydrogen-bond donors (Lipinski definition) is 3. The zero-order chi connectivity index (χ0) is 12.7. The SMILES string of the molecule is NC(=O)c1cc(N)ncc1NC(C1CC1)C1CC1. The molecule has 5 heteroatoms. The summed E-state index contributed by atoms with van der Waals surface area (Å²) in [6.45, 7) is 0. The Morgan fingerprint density at radius 1 is 1.33 bits per heavy atom. The van der Waals surface area contributed by atoms with E-state index in [1.807, 2.05) is 0 Å². The van der Waals surface area contributed by atoms with Crippen LogP contribution in [0, 0.1) is 11.8 Å². The van der Waals surface area contributed by atoms with Crippen LogP contribution in [-0.4, -0.2) is 16.9 Å². The predicted molar refractivity (Wildman–Crippen MR) is 70.0 cm³/mol. The average Bonchev–Trinajstić information content (AvgIpc) is 3.19. The molecule has 3 rings (SSSR count). The summed E-state index contributed by atoms with van der Waals surface area (Å²) in [4.78, 5) is 15.5. The first kappa shape index (κ1) is 11.3. The number of carbonyl (C=O) groups excluding carboxylic acids is 1. The molecule has 1 aromatic heterocycles. The molecule has 1 amide bonds. The van der Waals surface area contributed by atoms with E-state index >= 15 is 0 Å². The summed E-state index contributed by atoms with van der Waals surface area (Å²) in [5, 5.41) is 3.46. The number of nitrogens with two attached hydrogens (primary N) is 2. The van der Waals surface area contributed by atoms with Crippen LogP contribution in [0.15, 0.2) is 12.3 Å². The molecule has 5 N–H and O–H groups in total. The normalized spacial score (nSPS) is 18.9. The smallest absolute Gasteiger partial charge is 0.250 e. The highest BCUT2D eigenvalue weighted by atomic mass is 16.1. The molecule has 2 fully saturated rings. The van der Waals surface area contributed by atoms with Crippen LogP contribution in [0.4, 0.5) is 11.5 Å². The molecule has 2 saturated carbocycles. The third kappa shape index (κ3) is 2.25. The molecule has 0 radical (unpaired) electrons. The molecule has 0 atom stereocenters. The number of pyridine rings is 1. The first-order chi connectivity index (χ1) is 8.65. The van der Waals surface area contributed by atoms with Crippen molar-refractivity contribution in [1.82, 2.24) is 4.98 Å². The van der Waals surface area contributed by atoms with Crippen molar-refractivity contribution in [1.29, 1.82) is 0 Å². The molecule has 2 aliphatic rings. The highest BCUT2D eigenvalue weighted by molar-refractivity contribution is 5.99. The number of aromatic nitrogens is 1. The summed E-state index contributed by atoms with van der Waals surface area (Å²) in [6.07, 6.45) is 6.74. The first-order valence-corrected chi connectivity index (χ1v) is 6.47. The lowest BCUT2D eigenvalue weighted by atomic mass is 10.1. The Morgan fingerprint density at radius 3 is 2.44 bits per heavy atom. The second kappa shape index (κ2) is 4.15. The van der Waals surface area contributed by atoms with E-state index in [-0.39, 0.29) is 0 Å². The topological polar surface area (TPSA) is 94.0 Å². The summed E-state index contributed by atoms with van der Waals surface area (Å²) in [5.74, 6) is 1.35. The molecule has 0 saturated heterocycles. The maximum atomic E-state index is 11.4. The Morgan fingerprint density at radius 2 is 1.94 bits per heavy atom. The van der Waals surface area contributed by atoms with Gasteiger partial charge in [0.25, 0.3) is 5.91 Å². The van der Waals surface area contributed by atoms with Gasteiger partial charge >= 0.3 is 0 Å². The molecule has 0 unspecified atom stereocenters. The highest BCUT2D eigenvalue weighted by Gasteiger charge is 2.41. The molecule has 2 aliphatic carbocycles. The van der Waals surface area contributed by atoms with Crippen molar-refractivity contribution in [2.45, 2.75) is 31.7 Å². The monoisotopic (exact) mass is 246 g/mol. The van der Waals surface area contributed by atoms with Crippen LogP contribution in [0.2, 0.25) is 0 Å². The fraction of sp³-hybridized carbons (Fsp3) is 0.538. The Balaban J connectivity index is 1.84. The molecule has 1 aromatic rings. The van der Waals surface area contributed by atoms with Gasteiger partial charge in [0.15, 0.2) is 0 Å². The molecular formula is C13H18N4O. The summed E-state index contributed by atoms with van der Waals surface area (Å²) in [6, 6.07) is 2.01. The van der Waals surface area contributed by atoms with Gasteiger partial charge in [-0.2, -0.15) is 0 Å². The Labute approximate surface area is 106 Å². The minimum absolute atomic E-state index is 0.323. The quantitative estimate of drug-likeness (QED) is 0.731. The number of anilines is 2. The zero-order valence-electron chi connectivity index (χ0n) is 10.2. The summed E-state index contributed by atoms with van der Waals surface area (Å²) < 4.78 is 0. The molecule has 5 nitrogen and oxygen atoms in total. The number of nitrogens with zero attached hydrogens (tertiary/aromatic N) is 1. The van der Waals surface area contributed by atoms with E-state index in [2.05, 4.69) is 10.3 Å². The van der Waals surface area contributed by atoms with E-state index in [9.17, 15) is 4.79 Å². The van der Waals surface area contributed by atoms with Crippen LogP contribution in [0.25, 0.3) is 0 Å². The van der Waals surface area contributed by atoms with Crippen LogP contribution in [-0.2, 0) is 0 Å². The molecule has 96 valence electrons. The van der Waals surface area contributed by atoms with E-state index in [0.717, 1.165) is 17.5 Å². The number of carbonyl (C=O) groups is 1. The minimum atomic E-state index is -0.461. The second-order valence-corrected chi connectivity index (χ2v) is 5.36. The summed E-state index contributed by atoms with van der Waals surface area (Å²) in [5.41, 5.74) is 12.1. The van der Waals surface area contributed by atoms with Gasteiger partial charge in [0.2, 0.25) is 0 Å². The standard InChI is InChI=1S/C13H18N4O/c14-11-5-9(13(15)18)10(6-16-11)17-12(7-1-2-7)8-3-4-8/h5-8,12,17H,1-4H2,(H2,14,16)(H2,15,18). The maximum Gasteiger partial charge on any atom is 0.250 e. The largest absolute Gasteiger partial charge is 0.384 e. The Hall–Kier alpha value is -1.78. The van der Waals surface area contributed by atoms with E-state index in [4.69, 9.17) is 11.5 Å². The predicted octanol–water partition coefficient (Wildman–Crippen LogP) is 1.36. The fourth-order valence-electron chi connectivity index (χ4n) is 2.50. The van der Waals surface area contributed by atoms with Crippen molar-refractivity contribution in [2.24, 2.45) is 17.6 Å². The Kier molecular flexibility index (Phi) is 2.61. The van der Waals surface area contributed by atoms with Gasteiger partial charge in [0.05, 0.1) is 17.4 Å². The molecular weight excluding hydrogens is 228 g/mol. The lowest BCUT2D eigenvalue weighted by Gasteiger charge is -2.20. The summed E-state index contributed by atoms with van der Waals surface area (Å²) >= 11 is 0. The number of rotatable bonds is 5. The highest BCUT2D eigenvalue weighted by Crippen LogP contribution is 2.46. The van der Waals surface area contributed by atoms with E-state index in [1.165, 1.54) is 25.7 Å².